The molecule has 11 nitrogen and oxygen atoms in total. The molecule has 2 aliphatic heterocycles. The Labute approximate surface area is 98.3 Å². The van der Waals surface area contributed by atoms with Crippen LogP contribution in [0.15, 0.2) is 0 Å². The molecule has 0 aromatic heterocycles. The summed E-state index contributed by atoms with van der Waals surface area (Å²) in [5.41, 5.74) is -3.70. The van der Waals surface area contributed by atoms with Gasteiger partial charge in [0, 0.05) is 0 Å². The van der Waals surface area contributed by atoms with Crippen LogP contribution in [0.25, 0.3) is 0 Å². The van der Waals surface area contributed by atoms with E-state index in [4.69, 9.17) is 5.11 Å². The van der Waals surface area contributed by atoms with E-state index in [2.05, 4.69) is 13.6 Å². The number of ketones is 1. The van der Waals surface area contributed by atoms with Crippen LogP contribution in [-0.2, 0) is 32.1 Å². The smallest absolute Gasteiger partial charge is 0.391 e. The van der Waals surface area contributed by atoms with E-state index in [0.29, 0.717) is 0 Å². The minimum absolute atomic E-state index is 1.48. The van der Waals surface area contributed by atoms with Crippen molar-refractivity contribution in [1.29, 1.82) is 0 Å². The zero-order chi connectivity index (χ0) is 14.0. The molecule has 0 radical (unpaired) electrons. The molecule has 0 aromatic carbocycles. The van der Waals surface area contributed by atoms with E-state index in [1.165, 1.54) is 0 Å². The molecule has 0 spiro atoms. The average Bonchev–Trinajstić information content (AvgIpc) is 2.42. The van der Waals surface area contributed by atoms with Gasteiger partial charge in [0.1, 0.15) is 6.61 Å². The van der Waals surface area contributed by atoms with Gasteiger partial charge in [-0.1, -0.05) is 0 Å². The van der Waals surface area contributed by atoms with Gasteiger partial charge >= 0.3 is 26.8 Å². The lowest BCUT2D eigenvalue weighted by Gasteiger charge is -2.34. The molecule has 18 heavy (non-hydrogen) atoms. The van der Waals surface area contributed by atoms with Gasteiger partial charge < -0.3 is 20.4 Å². The van der Waals surface area contributed by atoms with Crippen molar-refractivity contribution in [3.8, 4) is 0 Å². The van der Waals surface area contributed by atoms with Crippen molar-refractivity contribution in [2.75, 3.05) is 6.61 Å². The van der Waals surface area contributed by atoms with E-state index in [1.54, 1.807) is 0 Å². The molecular weight excluding hydrogens is 298 g/mol. The third kappa shape index (κ3) is 1.45. The predicted octanol–water partition coefficient (Wildman–Crippen LogP) is -2.07. The SMILES string of the molecule is O=C1C(O)(P(=O)=O)OP2(=O)OC(O)(CO)C1(O)O2. The predicted molar refractivity (Wildman–Crippen MR) is 46.1 cm³/mol. The van der Waals surface area contributed by atoms with Crippen molar-refractivity contribution in [2.24, 2.45) is 0 Å². The fourth-order valence-electron chi connectivity index (χ4n) is 1.43. The molecule has 0 aromatic rings. The fourth-order valence-corrected chi connectivity index (χ4v) is 3.92. The Hall–Kier alpha value is -0.480. The van der Waals surface area contributed by atoms with Crippen molar-refractivity contribution in [2.45, 2.75) is 17.1 Å². The van der Waals surface area contributed by atoms with Crippen molar-refractivity contribution in [3.05, 3.63) is 0 Å². The number of phosphoric ester groups is 1. The van der Waals surface area contributed by atoms with E-state index in [9.17, 15) is 33.8 Å². The molecule has 0 amide bonds. The minimum Gasteiger partial charge on any atom is -0.391 e. The maximum absolute atomic E-state index is 11.6. The summed E-state index contributed by atoms with van der Waals surface area (Å²) in [6.45, 7) is -1.48. The molecule has 2 bridgehead atoms. The third-order valence-corrected chi connectivity index (χ3v) is 4.78. The van der Waals surface area contributed by atoms with Crippen LogP contribution in [0.4, 0.5) is 0 Å². The largest absolute Gasteiger partial charge is 0.484 e. The Balaban J connectivity index is 2.66. The molecule has 2 fully saturated rings. The van der Waals surface area contributed by atoms with Crippen molar-refractivity contribution in [3.63, 3.8) is 0 Å². The first kappa shape index (κ1) is 13.9. The topological polar surface area (TPSA) is 177 Å². The fraction of sp³-hybridized carbons (Fsp3) is 0.800. The quantitative estimate of drug-likeness (QED) is 0.412. The van der Waals surface area contributed by atoms with Crippen LogP contribution in [0.2, 0.25) is 0 Å². The van der Waals surface area contributed by atoms with Gasteiger partial charge in [0.15, 0.2) is 0 Å². The normalized spacial score (nSPS) is 51.4. The number of carbonyl (C=O) groups excluding carboxylic acids is 1. The summed E-state index contributed by atoms with van der Waals surface area (Å²) in [7, 11) is -9.02. The Morgan fingerprint density at radius 1 is 1.17 bits per heavy atom. The second kappa shape index (κ2) is 3.54. The molecule has 2 aliphatic rings. The standard InChI is InChI=1S/C5H6O11P2/c6-1-3(8)4(9)2(7)5(10,17(11)12)16-18(13,14-3)15-4/h6,8-10H,1H2. The van der Waals surface area contributed by atoms with Crippen LogP contribution in [-0.4, -0.2) is 49.9 Å². The highest BCUT2D eigenvalue weighted by Crippen LogP contribution is 2.70. The van der Waals surface area contributed by atoms with Crippen LogP contribution in [0.1, 0.15) is 0 Å². The van der Waals surface area contributed by atoms with E-state index in [1.807, 2.05) is 0 Å². The Kier molecular flexibility index (Phi) is 2.74. The van der Waals surface area contributed by atoms with Gasteiger partial charge in [0.05, 0.1) is 0 Å². The van der Waals surface area contributed by atoms with Crippen LogP contribution >= 0.6 is 15.5 Å². The van der Waals surface area contributed by atoms with E-state index in [-0.39, 0.29) is 0 Å². The lowest BCUT2D eigenvalue weighted by molar-refractivity contribution is -0.297. The highest BCUT2D eigenvalue weighted by atomic mass is 31.2. The summed E-state index contributed by atoms with van der Waals surface area (Å²) >= 11 is 0. The van der Waals surface area contributed by atoms with Gasteiger partial charge in [-0.2, -0.15) is 0 Å². The number of aliphatic hydroxyl groups excluding tert-OH is 1. The van der Waals surface area contributed by atoms with Crippen LogP contribution in [0.3, 0.4) is 0 Å². The second-order valence-electron chi connectivity index (χ2n) is 3.50. The maximum Gasteiger partial charge on any atom is 0.484 e. The second-order valence-corrected chi connectivity index (χ2v) is 6.06. The highest BCUT2D eigenvalue weighted by molar-refractivity contribution is 7.50. The number of hydrogen-bond donors (Lipinski definition) is 4. The summed E-state index contributed by atoms with van der Waals surface area (Å²) in [5.74, 6) is -8.86. The van der Waals surface area contributed by atoms with Crippen molar-refractivity contribution >= 4 is 21.3 Å². The van der Waals surface area contributed by atoms with Crippen LogP contribution in [0.5, 0.6) is 0 Å². The number of fused-ring (bicyclic) bond motifs is 2. The molecule has 102 valence electrons. The molecule has 2 rings (SSSR count). The van der Waals surface area contributed by atoms with Crippen LogP contribution < -0.4 is 0 Å². The lowest BCUT2D eigenvalue weighted by Crippen LogP contribution is -2.65. The van der Waals surface area contributed by atoms with Gasteiger partial charge in [0.2, 0.25) is 0 Å². The molecule has 13 heteroatoms. The summed E-state index contributed by atoms with van der Waals surface area (Å²) in [4.78, 5) is 11.6. The molecule has 4 atom stereocenters. The molecule has 2 saturated heterocycles. The molecule has 2 heterocycles. The van der Waals surface area contributed by atoms with E-state index in [0.717, 1.165) is 0 Å². The zero-order valence-corrected chi connectivity index (χ0v) is 10.0. The molecule has 4 unspecified atom stereocenters. The van der Waals surface area contributed by atoms with Crippen LogP contribution in [0, 0.1) is 0 Å². The summed E-state index contributed by atoms with van der Waals surface area (Å²) in [6, 6.07) is 0. The third-order valence-electron chi connectivity index (χ3n) is 2.34. The first-order valence-corrected chi connectivity index (χ1v) is 6.86. The van der Waals surface area contributed by atoms with Gasteiger partial charge in [-0.15, -0.1) is 0 Å². The summed E-state index contributed by atoms with van der Waals surface area (Å²) < 4.78 is 45.3. The number of aliphatic hydroxyl groups is 4. The average molecular weight is 304 g/mol. The van der Waals surface area contributed by atoms with E-state index >= 15 is 0 Å². The number of carbonyl (C=O) groups is 1. The maximum atomic E-state index is 11.6. The summed E-state index contributed by atoms with van der Waals surface area (Å²) in [5, 5.41) is 37.4. The lowest BCUT2D eigenvalue weighted by atomic mass is 10.0. The Bertz CT molecular complexity index is 532. The Morgan fingerprint density at radius 2 is 1.72 bits per heavy atom. The molecule has 4 N–H and O–H groups in total. The highest BCUT2D eigenvalue weighted by Gasteiger charge is 2.80. The first-order valence-electron chi connectivity index (χ1n) is 4.23. The minimum atomic E-state index is -4.95. The van der Waals surface area contributed by atoms with Gasteiger partial charge in [0.25, 0.3) is 11.6 Å². The van der Waals surface area contributed by atoms with Crippen molar-refractivity contribution in [1.82, 2.24) is 0 Å². The van der Waals surface area contributed by atoms with Gasteiger partial charge in [-0.05, 0) is 0 Å². The van der Waals surface area contributed by atoms with E-state index < -0.39 is 45.0 Å². The number of Topliss-reactive ketones (excluding diaryl/α,β-unsaturated/α-hetero) is 1. The number of phosphoric acid groups is 1. The first-order chi connectivity index (χ1) is 8.03. The number of hydrogen-bond acceptors (Lipinski definition) is 11. The number of rotatable bonds is 2. The molecular formula is C5H6O11P2. The zero-order valence-electron chi connectivity index (χ0n) is 8.25. The van der Waals surface area contributed by atoms with Gasteiger partial charge in [-0.3, -0.25) is 4.79 Å². The van der Waals surface area contributed by atoms with Gasteiger partial charge in [-0.25, -0.2) is 27.3 Å². The molecule has 0 saturated carbocycles. The molecule has 0 aliphatic carbocycles. The summed E-state index contributed by atoms with van der Waals surface area (Å²) in [6.07, 6.45) is 0. The Morgan fingerprint density at radius 3 is 2.17 bits per heavy atom. The van der Waals surface area contributed by atoms with Crippen molar-refractivity contribution < 1.29 is 52.5 Å². The monoisotopic (exact) mass is 304 g/mol.